The third-order valence-corrected chi connectivity index (χ3v) is 4.60. The number of benzene rings is 1. The van der Waals surface area contributed by atoms with Gasteiger partial charge in [-0.05, 0) is 11.6 Å². The molecular formula is C15H14ClN3OS. The summed E-state index contributed by atoms with van der Waals surface area (Å²) in [6.45, 7) is 2.23. The molecule has 4 nitrogen and oxygen atoms in total. The zero-order valence-electron chi connectivity index (χ0n) is 11.4. The molecule has 0 fully saturated rings. The fraction of sp³-hybridized carbons (Fsp3) is 0.200. The quantitative estimate of drug-likeness (QED) is 0.814. The maximum atomic E-state index is 11.8. The van der Waals surface area contributed by atoms with Crippen LogP contribution in [0, 0.1) is 11.3 Å². The fourth-order valence-electron chi connectivity index (χ4n) is 1.86. The van der Waals surface area contributed by atoms with E-state index >= 15 is 0 Å². The molecule has 2 rings (SSSR count). The lowest BCUT2D eigenvalue weighted by atomic mass is 10.2. The third kappa shape index (κ3) is 3.18. The Morgan fingerprint density at radius 1 is 1.48 bits per heavy atom. The van der Waals surface area contributed by atoms with Gasteiger partial charge in [-0.1, -0.05) is 36.7 Å². The van der Waals surface area contributed by atoms with Gasteiger partial charge in [0, 0.05) is 18.0 Å². The van der Waals surface area contributed by atoms with Gasteiger partial charge < -0.3 is 11.1 Å². The minimum absolute atomic E-state index is 0.0557. The van der Waals surface area contributed by atoms with E-state index in [2.05, 4.69) is 11.4 Å². The van der Waals surface area contributed by atoms with Crippen molar-refractivity contribution in [2.75, 3.05) is 11.1 Å². The molecule has 0 saturated carbocycles. The van der Waals surface area contributed by atoms with Crippen molar-refractivity contribution in [3.8, 4) is 6.07 Å². The second-order valence-corrected chi connectivity index (χ2v) is 5.81. The molecule has 0 atom stereocenters. The number of nitrogens with zero attached hydrogens (tertiary/aromatic N) is 1. The molecule has 0 amide bonds. The summed E-state index contributed by atoms with van der Waals surface area (Å²) < 4.78 is 0. The highest BCUT2D eigenvalue weighted by atomic mass is 35.5. The smallest absolute Gasteiger partial charge is 0.174 e. The van der Waals surface area contributed by atoms with Crippen molar-refractivity contribution in [2.45, 2.75) is 19.9 Å². The SMILES string of the molecule is CCC(=O)c1sc(NCc2ccccc2Cl)c(C#N)c1N. The summed E-state index contributed by atoms with van der Waals surface area (Å²) in [6.07, 6.45) is 0.361. The molecule has 0 aliphatic rings. The van der Waals surface area contributed by atoms with Crippen LogP contribution in [0.3, 0.4) is 0 Å². The lowest BCUT2D eigenvalue weighted by molar-refractivity contribution is 0.0993. The number of rotatable bonds is 5. The second kappa shape index (κ2) is 6.61. The number of hydrogen-bond donors (Lipinski definition) is 2. The predicted molar refractivity (Wildman–Crippen MR) is 86.8 cm³/mol. The predicted octanol–water partition coefficient (Wildman–Crippen LogP) is 4.06. The normalized spacial score (nSPS) is 10.1. The molecular weight excluding hydrogens is 306 g/mol. The second-order valence-electron chi connectivity index (χ2n) is 4.38. The molecule has 0 bridgehead atoms. The first-order chi connectivity index (χ1) is 10.1. The molecule has 0 radical (unpaired) electrons. The Hall–Kier alpha value is -2.03. The molecule has 21 heavy (non-hydrogen) atoms. The molecule has 1 aromatic carbocycles. The lowest BCUT2D eigenvalue weighted by Gasteiger charge is -2.06. The molecule has 1 aromatic heterocycles. The standard InChI is InChI=1S/C15H14ClN3OS/c1-2-12(20)14-13(18)10(7-17)15(21-14)19-8-9-5-3-4-6-11(9)16/h3-6,19H,2,8,18H2,1H3. The Balaban J connectivity index is 2.27. The number of hydrogen-bond acceptors (Lipinski definition) is 5. The van der Waals surface area contributed by atoms with E-state index in [0.717, 1.165) is 5.56 Å². The van der Waals surface area contributed by atoms with E-state index < -0.39 is 0 Å². The molecule has 0 aliphatic heterocycles. The molecule has 0 saturated heterocycles. The van der Waals surface area contributed by atoms with Crippen LogP contribution in [0.2, 0.25) is 5.02 Å². The van der Waals surface area contributed by atoms with Crippen LogP contribution in [-0.2, 0) is 6.54 Å². The summed E-state index contributed by atoms with van der Waals surface area (Å²) in [6, 6.07) is 9.50. The minimum atomic E-state index is -0.0557. The van der Waals surface area contributed by atoms with Gasteiger partial charge >= 0.3 is 0 Å². The van der Waals surface area contributed by atoms with Gasteiger partial charge in [-0.3, -0.25) is 4.79 Å². The van der Waals surface area contributed by atoms with E-state index in [0.29, 0.717) is 33.4 Å². The molecule has 3 N–H and O–H groups in total. The molecule has 1 heterocycles. The average Bonchev–Trinajstić information content (AvgIpc) is 2.81. The summed E-state index contributed by atoms with van der Waals surface area (Å²) in [5, 5.41) is 13.6. The van der Waals surface area contributed by atoms with Crippen molar-refractivity contribution in [1.29, 1.82) is 5.26 Å². The number of nitrogen functional groups attached to an aromatic ring is 1. The highest BCUT2D eigenvalue weighted by Gasteiger charge is 2.19. The molecule has 0 unspecified atom stereocenters. The third-order valence-electron chi connectivity index (χ3n) is 3.03. The van der Waals surface area contributed by atoms with E-state index in [1.54, 1.807) is 13.0 Å². The van der Waals surface area contributed by atoms with E-state index in [9.17, 15) is 10.1 Å². The summed E-state index contributed by atoms with van der Waals surface area (Å²) in [4.78, 5) is 12.3. The van der Waals surface area contributed by atoms with Gasteiger partial charge in [0.25, 0.3) is 0 Å². The summed E-state index contributed by atoms with van der Waals surface area (Å²) >= 11 is 7.31. The number of nitriles is 1. The van der Waals surface area contributed by atoms with Crippen molar-refractivity contribution in [1.82, 2.24) is 0 Å². The number of nitrogens with one attached hydrogen (secondary N) is 1. The number of nitrogens with two attached hydrogens (primary N) is 1. The van der Waals surface area contributed by atoms with Gasteiger partial charge in [0.2, 0.25) is 0 Å². The molecule has 108 valence electrons. The number of carbonyl (C=O) groups is 1. The van der Waals surface area contributed by atoms with Crippen molar-refractivity contribution in [2.24, 2.45) is 0 Å². The maximum Gasteiger partial charge on any atom is 0.174 e. The number of ketones is 1. The fourth-order valence-corrected chi connectivity index (χ4v) is 3.14. The number of halogens is 1. The summed E-state index contributed by atoms with van der Waals surface area (Å²) in [7, 11) is 0. The van der Waals surface area contributed by atoms with Crippen LogP contribution < -0.4 is 11.1 Å². The highest BCUT2D eigenvalue weighted by Crippen LogP contribution is 2.36. The monoisotopic (exact) mass is 319 g/mol. The van der Waals surface area contributed by atoms with Gasteiger partial charge in [-0.2, -0.15) is 5.26 Å². The van der Waals surface area contributed by atoms with Crippen LogP contribution in [0.15, 0.2) is 24.3 Å². The van der Waals surface area contributed by atoms with E-state index in [1.165, 1.54) is 11.3 Å². The Bertz CT molecular complexity index is 718. The van der Waals surface area contributed by atoms with E-state index in [-0.39, 0.29) is 11.5 Å². The Kier molecular flexibility index (Phi) is 4.84. The first-order valence-electron chi connectivity index (χ1n) is 6.41. The molecule has 0 spiro atoms. The lowest BCUT2D eigenvalue weighted by Crippen LogP contribution is -2.00. The van der Waals surface area contributed by atoms with Crippen LogP contribution >= 0.6 is 22.9 Å². The van der Waals surface area contributed by atoms with Crippen LogP contribution in [-0.4, -0.2) is 5.78 Å². The number of carbonyl (C=O) groups excluding carboxylic acids is 1. The number of thiophene rings is 1. The van der Waals surface area contributed by atoms with Crippen molar-refractivity contribution >= 4 is 39.4 Å². The van der Waals surface area contributed by atoms with Crippen LogP contribution in [0.4, 0.5) is 10.7 Å². The van der Waals surface area contributed by atoms with Gasteiger partial charge in [0.1, 0.15) is 16.6 Å². The maximum absolute atomic E-state index is 11.8. The van der Waals surface area contributed by atoms with Gasteiger partial charge in [0.05, 0.1) is 10.6 Å². The van der Waals surface area contributed by atoms with E-state index in [1.807, 2.05) is 18.2 Å². The zero-order chi connectivity index (χ0) is 15.4. The van der Waals surface area contributed by atoms with Crippen molar-refractivity contribution < 1.29 is 4.79 Å². The Morgan fingerprint density at radius 2 is 2.19 bits per heavy atom. The van der Waals surface area contributed by atoms with Crippen LogP contribution in [0.1, 0.15) is 34.1 Å². The van der Waals surface area contributed by atoms with Crippen LogP contribution in [0.25, 0.3) is 0 Å². The van der Waals surface area contributed by atoms with Crippen LogP contribution in [0.5, 0.6) is 0 Å². The van der Waals surface area contributed by atoms with Gasteiger partial charge in [-0.15, -0.1) is 11.3 Å². The molecule has 6 heteroatoms. The van der Waals surface area contributed by atoms with Crippen molar-refractivity contribution in [3.05, 3.63) is 45.3 Å². The van der Waals surface area contributed by atoms with Crippen molar-refractivity contribution in [3.63, 3.8) is 0 Å². The summed E-state index contributed by atoms with van der Waals surface area (Å²) in [5.74, 6) is -0.0557. The molecule has 2 aromatic rings. The first kappa shape index (κ1) is 15.4. The highest BCUT2D eigenvalue weighted by molar-refractivity contribution is 7.19. The Morgan fingerprint density at radius 3 is 2.81 bits per heavy atom. The number of Topliss-reactive ketones (excluding diaryl/α,β-unsaturated/α-hetero) is 1. The summed E-state index contributed by atoms with van der Waals surface area (Å²) in [5.41, 5.74) is 7.39. The topological polar surface area (TPSA) is 78.9 Å². The van der Waals surface area contributed by atoms with E-state index in [4.69, 9.17) is 17.3 Å². The Labute approximate surface area is 132 Å². The molecule has 0 aliphatic carbocycles. The zero-order valence-corrected chi connectivity index (χ0v) is 13.0. The van der Waals surface area contributed by atoms with Gasteiger partial charge in [0.15, 0.2) is 5.78 Å². The largest absolute Gasteiger partial charge is 0.396 e. The average molecular weight is 320 g/mol. The number of anilines is 2. The van der Waals surface area contributed by atoms with Gasteiger partial charge in [-0.25, -0.2) is 0 Å². The first-order valence-corrected chi connectivity index (χ1v) is 7.60. The minimum Gasteiger partial charge on any atom is -0.396 e.